The molecular weight excluding hydrogens is 162 g/mol. The number of carboxylic acid groups (broad SMARTS) is 1. The van der Waals surface area contributed by atoms with Crippen molar-refractivity contribution in [1.29, 1.82) is 0 Å². The second kappa shape index (κ2) is 4.71. The van der Waals surface area contributed by atoms with Gasteiger partial charge >= 0.3 is 5.97 Å². The molecule has 0 unspecified atom stereocenters. The van der Waals surface area contributed by atoms with Crippen LogP contribution in [0, 0.1) is 11.8 Å². The maximum absolute atomic E-state index is 10.7. The van der Waals surface area contributed by atoms with E-state index in [-0.39, 0.29) is 12.3 Å². The highest BCUT2D eigenvalue weighted by molar-refractivity contribution is 5.96. The van der Waals surface area contributed by atoms with Gasteiger partial charge in [-0.25, -0.2) is 5.48 Å². The summed E-state index contributed by atoms with van der Waals surface area (Å²) in [6, 6.07) is 0. The molecule has 12 heavy (non-hydrogen) atoms. The predicted molar refractivity (Wildman–Crippen MR) is 40.5 cm³/mol. The van der Waals surface area contributed by atoms with Crippen LogP contribution in [0.3, 0.4) is 0 Å². The normalized spacial score (nSPS) is 12.7. The number of hydrogen-bond donors (Lipinski definition) is 3. The summed E-state index contributed by atoms with van der Waals surface area (Å²) in [5.41, 5.74) is 1.33. The van der Waals surface area contributed by atoms with Crippen LogP contribution in [0.25, 0.3) is 0 Å². The molecule has 5 heteroatoms. The number of carbonyl (C=O) groups excluding carboxylic acids is 1. The summed E-state index contributed by atoms with van der Waals surface area (Å²) >= 11 is 0. The molecule has 0 aliphatic rings. The van der Waals surface area contributed by atoms with Gasteiger partial charge in [0.05, 0.1) is 0 Å². The Labute approximate surface area is 70.3 Å². The number of carbonyl (C=O) groups is 2. The number of hydrogen-bond acceptors (Lipinski definition) is 3. The summed E-state index contributed by atoms with van der Waals surface area (Å²) < 4.78 is 0. The van der Waals surface area contributed by atoms with E-state index >= 15 is 0 Å². The summed E-state index contributed by atoms with van der Waals surface area (Å²) in [7, 11) is 0. The third kappa shape index (κ3) is 3.34. The van der Waals surface area contributed by atoms with Gasteiger partial charge in [-0.05, 0) is 12.3 Å². The molecule has 0 aliphatic carbocycles. The predicted octanol–water partition coefficient (Wildman–Crippen LogP) is 0.239. The van der Waals surface area contributed by atoms with Crippen molar-refractivity contribution in [2.24, 2.45) is 11.8 Å². The van der Waals surface area contributed by atoms with Gasteiger partial charge in [0.1, 0.15) is 5.92 Å². The second-order valence-corrected chi connectivity index (χ2v) is 3.00. The fourth-order valence-corrected chi connectivity index (χ4v) is 0.869. The van der Waals surface area contributed by atoms with Crippen LogP contribution < -0.4 is 5.48 Å². The maximum atomic E-state index is 10.7. The minimum atomic E-state index is -1.21. The monoisotopic (exact) mass is 175 g/mol. The lowest BCUT2D eigenvalue weighted by Gasteiger charge is -2.11. The molecule has 0 fully saturated rings. The fraction of sp³-hybridized carbons (Fsp3) is 0.714. The summed E-state index contributed by atoms with van der Waals surface area (Å²) in [4.78, 5) is 21.2. The quantitative estimate of drug-likeness (QED) is 0.324. The first-order chi connectivity index (χ1) is 5.49. The molecule has 1 amide bonds. The lowest BCUT2D eigenvalue weighted by atomic mass is 9.97. The Balaban J connectivity index is 4.23. The van der Waals surface area contributed by atoms with Crippen molar-refractivity contribution in [1.82, 2.24) is 5.48 Å². The van der Waals surface area contributed by atoms with Crippen molar-refractivity contribution in [3.8, 4) is 0 Å². The molecule has 0 aliphatic heterocycles. The Morgan fingerprint density at radius 1 is 1.42 bits per heavy atom. The van der Waals surface area contributed by atoms with Crippen LogP contribution in [-0.4, -0.2) is 22.2 Å². The van der Waals surface area contributed by atoms with Gasteiger partial charge in [0.2, 0.25) is 0 Å². The summed E-state index contributed by atoms with van der Waals surface area (Å²) in [6.07, 6.45) is 0.224. The Kier molecular flexibility index (Phi) is 4.28. The van der Waals surface area contributed by atoms with Crippen molar-refractivity contribution >= 4 is 11.9 Å². The van der Waals surface area contributed by atoms with Crippen molar-refractivity contribution in [2.75, 3.05) is 0 Å². The molecule has 0 saturated carbocycles. The number of nitrogens with one attached hydrogen (secondary N) is 1. The van der Waals surface area contributed by atoms with Crippen LogP contribution in [0.5, 0.6) is 0 Å². The van der Waals surface area contributed by atoms with E-state index in [1.54, 1.807) is 13.8 Å². The highest BCUT2D eigenvalue weighted by Gasteiger charge is 2.26. The highest BCUT2D eigenvalue weighted by Crippen LogP contribution is 2.11. The van der Waals surface area contributed by atoms with Crippen LogP contribution in [0.1, 0.15) is 20.3 Å². The van der Waals surface area contributed by atoms with Gasteiger partial charge in [-0.3, -0.25) is 14.8 Å². The molecule has 0 radical (unpaired) electrons. The molecule has 3 N–H and O–H groups in total. The van der Waals surface area contributed by atoms with Gasteiger partial charge in [0.25, 0.3) is 5.91 Å². The van der Waals surface area contributed by atoms with Gasteiger partial charge in [-0.15, -0.1) is 0 Å². The summed E-state index contributed by atoms with van der Waals surface area (Å²) in [6.45, 7) is 3.61. The van der Waals surface area contributed by atoms with Crippen molar-refractivity contribution in [3.63, 3.8) is 0 Å². The molecular formula is C7H13NO4. The largest absolute Gasteiger partial charge is 0.481 e. The molecule has 70 valence electrons. The van der Waals surface area contributed by atoms with Crippen molar-refractivity contribution < 1.29 is 19.9 Å². The smallest absolute Gasteiger partial charge is 0.316 e. The summed E-state index contributed by atoms with van der Waals surface area (Å²) in [5.74, 6) is -3.13. The third-order valence-corrected chi connectivity index (χ3v) is 1.43. The number of amides is 1. The maximum Gasteiger partial charge on any atom is 0.316 e. The minimum Gasteiger partial charge on any atom is -0.481 e. The van der Waals surface area contributed by atoms with Gasteiger partial charge in [0.15, 0.2) is 0 Å². The lowest BCUT2D eigenvalue weighted by molar-refractivity contribution is -0.150. The fourth-order valence-electron chi connectivity index (χ4n) is 0.869. The standard InChI is InChI=1S/C7H13NO4/c1-4(2)3-5(7(10)11)6(9)8-12/h4-5,12H,3H2,1-2H3,(H,8,9)(H,10,11)/t5-/m0/s1. The van der Waals surface area contributed by atoms with E-state index in [1.165, 1.54) is 5.48 Å². The first-order valence-electron chi connectivity index (χ1n) is 3.65. The van der Waals surface area contributed by atoms with Gasteiger partial charge in [-0.1, -0.05) is 13.8 Å². The van der Waals surface area contributed by atoms with Crippen LogP contribution >= 0.6 is 0 Å². The Hall–Kier alpha value is -1.10. The molecule has 0 aromatic carbocycles. The Morgan fingerprint density at radius 2 is 1.92 bits per heavy atom. The zero-order valence-corrected chi connectivity index (χ0v) is 7.07. The lowest BCUT2D eigenvalue weighted by Crippen LogP contribution is -2.34. The molecule has 0 rings (SSSR count). The number of rotatable bonds is 4. The highest BCUT2D eigenvalue weighted by atomic mass is 16.5. The number of hydroxylamine groups is 1. The number of carboxylic acids is 1. The Morgan fingerprint density at radius 3 is 2.17 bits per heavy atom. The van der Waals surface area contributed by atoms with E-state index in [9.17, 15) is 9.59 Å². The first kappa shape index (κ1) is 10.9. The van der Waals surface area contributed by atoms with E-state index < -0.39 is 17.8 Å². The van der Waals surface area contributed by atoms with Crippen LogP contribution in [0.2, 0.25) is 0 Å². The molecule has 1 atom stereocenters. The van der Waals surface area contributed by atoms with Crippen molar-refractivity contribution in [3.05, 3.63) is 0 Å². The molecule has 0 heterocycles. The minimum absolute atomic E-state index is 0.100. The van der Waals surface area contributed by atoms with E-state index in [0.29, 0.717) is 0 Å². The topological polar surface area (TPSA) is 86.6 Å². The van der Waals surface area contributed by atoms with E-state index in [2.05, 4.69) is 0 Å². The van der Waals surface area contributed by atoms with Crippen molar-refractivity contribution in [2.45, 2.75) is 20.3 Å². The van der Waals surface area contributed by atoms with Gasteiger partial charge in [0, 0.05) is 0 Å². The first-order valence-corrected chi connectivity index (χ1v) is 3.65. The molecule has 5 nitrogen and oxygen atoms in total. The SMILES string of the molecule is CC(C)C[C@H](C(=O)O)C(=O)NO. The van der Waals surface area contributed by atoms with Crippen LogP contribution in [-0.2, 0) is 9.59 Å². The van der Waals surface area contributed by atoms with Gasteiger partial charge < -0.3 is 5.11 Å². The molecule has 0 bridgehead atoms. The zero-order valence-electron chi connectivity index (χ0n) is 7.07. The summed E-state index contributed by atoms with van der Waals surface area (Å²) in [5, 5.41) is 16.8. The van der Waals surface area contributed by atoms with E-state index in [4.69, 9.17) is 10.3 Å². The molecule has 0 aromatic rings. The van der Waals surface area contributed by atoms with E-state index in [0.717, 1.165) is 0 Å². The molecule has 0 aromatic heterocycles. The number of aliphatic carboxylic acids is 1. The molecule has 0 spiro atoms. The average molecular weight is 175 g/mol. The third-order valence-electron chi connectivity index (χ3n) is 1.43. The van der Waals surface area contributed by atoms with E-state index in [1.807, 2.05) is 0 Å². The van der Waals surface area contributed by atoms with Gasteiger partial charge in [-0.2, -0.15) is 0 Å². The second-order valence-electron chi connectivity index (χ2n) is 3.00. The van der Waals surface area contributed by atoms with Crippen LogP contribution in [0.15, 0.2) is 0 Å². The zero-order chi connectivity index (χ0) is 9.72. The van der Waals surface area contributed by atoms with Crippen LogP contribution in [0.4, 0.5) is 0 Å². The average Bonchev–Trinajstić information content (AvgIpc) is 1.98. The molecule has 0 saturated heterocycles. The Bertz CT molecular complexity index is 178.